The third-order valence-corrected chi connectivity index (χ3v) is 7.15. The maximum atomic E-state index is 13.8. The molecule has 1 aromatic heterocycles. The third-order valence-electron chi connectivity index (χ3n) is 7.15. The summed E-state index contributed by atoms with van der Waals surface area (Å²) in [7, 11) is 1.62. The van der Waals surface area contributed by atoms with E-state index in [4.69, 9.17) is 4.74 Å². The van der Waals surface area contributed by atoms with Crippen molar-refractivity contribution in [1.29, 1.82) is 0 Å². The zero-order valence-corrected chi connectivity index (χ0v) is 20.7. The number of benzene rings is 3. The highest BCUT2D eigenvalue weighted by Crippen LogP contribution is 2.33. The van der Waals surface area contributed by atoms with Gasteiger partial charge in [-0.15, -0.1) is 0 Å². The highest BCUT2D eigenvalue weighted by atomic mass is 16.5. The Kier molecular flexibility index (Phi) is 6.51. The summed E-state index contributed by atoms with van der Waals surface area (Å²) < 4.78 is 7.44. The van der Waals surface area contributed by atoms with Gasteiger partial charge in [0.1, 0.15) is 17.0 Å². The first-order valence-electron chi connectivity index (χ1n) is 12.4. The maximum Gasteiger partial charge on any atom is 0.271 e. The molecule has 6 heteroatoms. The van der Waals surface area contributed by atoms with Gasteiger partial charge in [-0.05, 0) is 43.5 Å². The Balaban J connectivity index is 1.43. The second-order valence-electron chi connectivity index (χ2n) is 9.49. The molecule has 2 amide bonds. The predicted molar refractivity (Wildman–Crippen MR) is 141 cm³/mol. The minimum atomic E-state index is -1.04. The summed E-state index contributed by atoms with van der Waals surface area (Å²) >= 11 is 0. The number of ether oxygens (including phenoxy) is 1. The van der Waals surface area contributed by atoms with E-state index in [1.165, 1.54) is 5.56 Å². The molecule has 3 aromatic carbocycles. The molecule has 0 unspecified atom stereocenters. The van der Waals surface area contributed by atoms with Crippen LogP contribution in [0.2, 0.25) is 0 Å². The van der Waals surface area contributed by atoms with Crippen LogP contribution in [0.15, 0.2) is 84.9 Å². The summed E-state index contributed by atoms with van der Waals surface area (Å²) in [6, 6.07) is 27.7. The predicted octanol–water partition coefficient (Wildman–Crippen LogP) is 4.81. The average molecular weight is 482 g/mol. The maximum absolute atomic E-state index is 13.8. The Bertz CT molecular complexity index is 1400. The van der Waals surface area contributed by atoms with Crippen LogP contribution in [0.4, 0.5) is 0 Å². The molecule has 0 fully saturated rings. The minimum Gasteiger partial charge on any atom is -0.496 e. The zero-order valence-electron chi connectivity index (χ0n) is 20.7. The molecule has 0 spiro atoms. The molecule has 0 saturated carbocycles. The van der Waals surface area contributed by atoms with Crippen LogP contribution in [0, 0.1) is 0 Å². The lowest BCUT2D eigenvalue weighted by molar-refractivity contribution is -0.133. The summed E-state index contributed by atoms with van der Waals surface area (Å²) in [5, 5.41) is 4.09. The molecule has 36 heavy (non-hydrogen) atoms. The molecule has 4 aromatic rings. The number of carbonyl (C=O) groups excluding carboxylic acids is 2. The number of aromatic nitrogens is 1. The molecule has 0 bridgehead atoms. The van der Waals surface area contributed by atoms with Crippen molar-refractivity contribution in [3.63, 3.8) is 0 Å². The summed E-state index contributed by atoms with van der Waals surface area (Å²) in [6.45, 7) is 3.09. The van der Waals surface area contributed by atoms with E-state index in [2.05, 4.69) is 17.4 Å². The number of rotatable bonds is 8. The number of fused-ring (bicyclic) bond motifs is 3. The van der Waals surface area contributed by atoms with Crippen molar-refractivity contribution >= 4 is 22.7 Å². The summed E-state index contributed by atoms with van der Waals surface area (Å²) in [6.07, 6.45) is 1.61. The number of nitrogens with one attached hydrogen (secondary N) is 1. The first kappa shape index (κ1) is 23.7. The fraction of sp³-hybridized carbons (Fsp3) is 0.267. The van der Waals surface area contributed by atoms with E-state index in [0.717, 1.165) is 35.1 Å². The largest absolute Gasteiger partial charge is 0.496 e. The number of methoxy groups -OCH3 is 1. The molecule has 6 nitrogen and oxygen atoms in total. The molecule has 0 radical (unpaired) electrons. The van der Waals surface area contributed by atoms with Gasteiger partial charge < -0.3 is 19.5 Å². The van der Waals surface area contributed by atoms with Crippen molar-refractivity contribution in [2.24, 2.45) is 0 Å². The van der Waals surface area contributed by atoms with Crippen LogP contribution in [0.3, 0.4) is 0 Å². The fourth-order valence-corrected chi connectivity index (χ4v) is 5.16. The van der Waals surface area contributed by atoms with Crippen LogP contribution in [0.1, 0.15) is 35.0 Å². The van der Waals surface area contributed by atoms with Gasteiger partial charge in [0, 0.05) is 29.6 Å². The Hall–Kier alpha value is -4.06. The number of para-hydroxylation sites is 2. The van der Waals surface area contributed by atoms with Crippen LogP contribution in [-0.2, 0) is 24.3 Å². The molecule has 1 N–H and O–H groups in total. The van der Waals surface area contributed by atoms with Gasteiger partial charge in [-0.2, -0.15) is 0 Å². The molecule has 1 aliphatic rings. The van der Waals surface area contributed by atoms with Gasteiger partial charge in [-0.1, -0.05) is 66.7 Å². The normalized spacial score (nSPS) is 17.2. The highest BCUT2D eigenvalue weighted by molar-refractivity contribution is 6.03. The van der Waals surface area contributed by atoms with Crippen LogP contribution in [0.5, 0.6) is 5.75 Å². The Morgan fingerprint density at radius 2 is 1.72 bits per heavy atom. The monoisotopic (exact) mass is 481 g/mol. The zero-order chi connectivity index (χ0) is 25.1. The van der Waals surface area contributed by atoms with Crippen molar-refractivity contribution in [3.05, 3.63) is 102 Å². The van der Waals surface area contributed by atoms with Crippen LogP contribution in [0.25, 0.3) is 10.9 Å². The van der Waals surface area contributed by atoms with E-state index in [9.17, 15) is 9.59 Å². The molecule has 1 atom stereocenters. The van der Waals surface area contributed by atoms with E-state index in [-0.39, 0.29) is 11.8 Å². The fourth-order valence-electron chi connectivity index (χ4n) is 5.16. The van der Waals surface area contributed by atoms with Crippen molar-refractivity contribution in [1.82, 2.24) is 14.8 Å². The van der Waals surface area contributed by atoms with Gasteiger partial charge in [-0.25, -0.2) is 0 Å². The van der Waals surface area contributed by atoms with Crippen LogP contribution < -0.4 is 10.1 Å². The van der Waals surface area contributed by atoms with Gasteiger partial charge in [0.05, 0.1) is 13.7 Å². The molecule has 5 rings (SSSR count). The number of carbonyl (C=O) groups is 2. The van der Waals surface area contributed by atoms with Crippen molar-refractivity contribution < 1.29 is 14.3 Å². The van der Waals surface area contributed by atoms with E-state index in [0.29, 0.717) is 25.3 Å². The number of amides is 2. The number of hydrogen-bond donors (Lipinski definition) is 1. The standard InChI is InChI=1S/C30H31N3O3/c1-30(29(35)31-20-24-15-7-9-17-27(24)36-2)21-32-25-16-8-6-14-23(25)19-26(32)28(34)33(30)18-10-13-22-11-4-3-5-12-22/h3-9,11-12,14-17,19H,10,13,18,20-21H2,1-2H3,(H,31,35)/t30-/m0/s1. The lowest BCUT2D eigenvalue weighted by Crippen LogP contribution is -2.64. The van der Waals surface area contributed by atoms with E-state index in [1.807, 2.05) is 84.3 Å². The topological polar surface area (TPSA) is 63.6 Å². The van der Waals surface area contributed by atoms with Gasteiger partial charge in [0.15, 0.2) is 0 Å². The number of nitrogens with zero attached hydrogens (tertiary/aromatic N) is 2. The Morgan fingerprint density at radius 3 is 2.53 bits per heavy atom. The Morgan fingerprint density at radius 1 is 1.00 bits per heavy atom. The molecule has 184 valence electrons. The van der Waals surface area contributed by atoms with Crippen LogP contribution >= 0.6 is 0 Å². The first-order valence-corrected chi connectivity index (χ1v) is 12.4. The molecule has 1 aliphatic heterocycles. The van der Waals surface area contributed by atoms with Gasteiger partial charge >= 0.3 is 0 Å². The van der Waals surface area contributed by atoms with E-state index in [1.54, 1.807) is 12.0 Å². The second kappa shape index (κ2) is 9.90. The highest BCUT2D eigenvalue weighted by Gasteiger charge is 2.47. The third kappa shape index (κ3) is 4.35. The average Bonchev–Trinajstić information content (AvgIpc) is 3.28. The quantitative estimate of drug-likeness (QED) is 0.393. The molecule has 0 saturated heterocycles. The smallest absolute Gasteiger partial charge is 0.271 e. The van der Waals surface area contributed by atoms with Crippen LogP contribution in [-0.4, -0.2) is 40.5 Å². The van der Waals surface area contributed by atoms with Gasteiger partial charge in [-0.3, -0.25) is 9.59 Å². The number of aryl methyl sites for hydroxylation is 1. The van der Waals surface area contributed by atoms with Crippen molar-refractivity contribution in [3.8, 4) is 5.75 Å². The molecular formula is C30H31N3O3. The summed E-state index contributed by atoms with van der Waals surface area (Å²) in [5.74, 6) is 0.437. The number of hydrogen-bond acceptors (Lipinski definition) is 3. The van der Waals surface area contributed by atoms with E-state index < -0.39 is 5.54 Å². The van der Waals surface area contributed by atoms with Gasteiger partial charge in [0.25, 0.3) is 5.91 Å². The minimum absolute atomic E-state index is 0.111. The molecule has 2 heterocycles. The molecular weight excluding hydrogens is 450 g/mol. The lowest BCUT2D eigenvalue weighted by Gasteiger charge is -2.44. The molecule has 0 aliphatic carbocycles. The SMILES string of the molecule is COc1ccccc1CNC(=O)[C@]1(C)Cn2c(cc3ccccc32)C(=O)N1CCCc1ccccc1. The van der Waals surface area contributed by atoms with Crippen molar-refractivity contribution in [2.75, 3.05) is 13.7 Å². The summed E-state index contributed by atoms with van der Waals surface area (Å²) in [5.41, 5.74) is 2.67. The lowest BCUT2D eigenvalue weighted by atomic mass is 9.93. The second-order valence-corrected chi connectivity index (χ2v) is 9.49. The Labute approximate surface area is 211 Å². The van der Waals surface area contributed by atoms with E-state index >= 15 is 0 Å². The van der Waals surface area contributed by atoms with Crippen molar-refractivity contribution in [2.45, 2.75) is 38.4 Å². The first-order chi connectivity index (χ1) is 17.5. The summed E-state index contributed by atoms with van der Waals surface area (Å²) in [4.78, 5) is 29.4. The van der Waals surface area contributed by atoms with Gasteiger partial charge in [0.2, 0.25) is 5.91 Å².